The number of rotatable bonds is 4. The quantitative estimate of drug-likeness (QED) is 0.605. The second-order valence-electron chi connectivity index (χ2n) is 7.06. The normalized spacial score (nSPS) is 18.4. The fourth-order valence-electron chi connectivity index (χ4n) is 3.62. The standard InChI is InChI=1S/C19H20N4O5S/c1-11-12(4-2-5-14(11)23(26)27)18(25)22-8-7-13-16(10-22)29-19(20-13)21-17(24)15-6-3-9-28-15/h2,4-5,15H,3,6-10H2,1H3,(H,20,21,24). The Morgan fingerprint density at radius 3 is 2.97 bits per heavy atom. The van der Waals surface area contributed by atoms with E-state index in [2.05, 4.69) is 10.3 Å². The van der Waals surface area contributed by atoms with Crippen LogP contribution in [0.2, 0.25) is 0 Å². The molecule has 3 heterocycles. The minimum Gasteiger partial charge on any atom is -0.368 e. The van der Waals surface area contributed by atoms with E-state index in [9.17, 15) is 19.7 Å². The fraction of sp³-hybridized carbons (Fsp3) is 0.421. The molecule has 2 amide bonds. The van der Waals surface area contributed by atoms with Crippen LogP contribution >= 0.6 is 11.3 Å². The van der Waals surface area contributed by atoms with Crippen molar-refractivity contribution >= 4 is 34.0 Å². The Bertz CT molecular complexity index is 983. The summed E-state index contributed by atoms with van der Waals surface area (Å²) in [7, 11) is 0. The lowest BCUT2D eigenvalue weighted by molar-refractivity contribution is -0.385. The zero-order chi connectivity index (χ0) is 20.5. The molecule has 1 fully saturated rings. The molecular formula is C19H20N4O5S. The van der Waals surface area contributed by atoms with Crippen LogP contribution in [0.3, 0.4) is 0 Å². The number of nitro benzene ring substituents is 1. The molecule has 1 aromatic heterocycles. The van der Waals surface area contributed by atoms with Crippen LogP contribution in [-0.2, 0) is 22.5 Å². The molecule has 2 aromatic rings. The maximum Gasteiger partial charge on any atom is 0.273 e. The van der Waals surface area contributed by atoms with E-state index in [-0.39, 0.29) is 17.5 Å². The highest BCUT2D eigenvalue weighted by Crippen LogP contribution is 2.30. The molecule has 1 N–H and O–H groups in total. The van der Waals surface area contributed by atoms with E-state index in [4.69, 9.17) is 4.74 Å². The molecule has 0 aliphatic carbocycles. The first-order valence-corrected chi connectivity index (χ1v) is 10.2. The van der Waals surface area contributed by atoms with Crippen molar-refractivity contribution in [1.82, 2.24) is 9.88 Å². The number of amides is 2. The molecule has 9 nitrogen and oxygen atoms in total. The molecule has 4 rings (SSSR count). The van der Waals surface area contributed by atoms with Crippen LogP contribution in [0.4, 0.5) is 10.8 Å². The maximum absolute atomic E-state index is 13.0. The first-order chi connectivity index (χ1) is 13.9. The van der Waals surface area contributed by atoms with Crippen LogP contribution in [0, 0.1) is 17.0 Å². The molecule has 152 valence electrons. The van der Waals surface area contributed by atoms with Gasteiger partial charge in [0.05, 0.1) is 17.2 Å². The monoisotopic (exact) mass is 416 g/mol. The molecule has 2 aliphatic heterocycles. The second-order valence-corrected chi connectivity index (χ2v) is 8.15. The van der Waals surface area contributed by atoms with E-state index in [0.717, 1.165) is 17.0 Å². The smallest absolute Gasteiger partial charge is 0.273 e. The lowest BCUT2D eigenvalue weighted by Gasteiger charge is -2.26. The molecule has 2 aliphatic rings. The highest BCUT2D eigenvalue weighted by Gasteiger charge is 2.29. The summed E-state index contributed by atoms with van der Waals surface area (Å²) in [5.74, 6) is -0.427. The molecule has 1 saturated heterocycles. The van der Waals surface area contributed by atoms with Gasteiger partial charge in [0.15, 0.2) is 5.13 Å². The minimum absolute atomic E-state index is 0.0644. The van der Waals surface area contributed by atoms with Crippen molar-refractivity contribution in [1.29, 1.82) is 0 Å². The van der Waals surface area contributed by atoms with Crippen LogP contribution in [0.15, 0.2) is 18.2 Å². The van der Waals surface area contributed by atoms with Crippen LogP contribution in [-0.4, -0.2) is 45.9 Å². The van der Waals surface area contributed by atoms with Gasteiger partial charge in [0.2, 0.25) is 0 Å². The van der Waals surface area contributed by atoms with Crippen LogP contribution in [0.1, 0.15) is 39.3 Å². The molecule has 29 heavy (non-hydrogen) atoms. The highest BCUT2D eigenvalue weighted by molar-refractivity contribution is 7.15. The lowest BCUT2D eigenvalue weighted by Crippen LogP contribution is -2.35. The molecule has 0 radical (unpaired) electrons. The summed E-state index contributed by atoms with van der Waals surface area (Å²) in [6.45, 7) is 3.02. The number of anilines is 1. The molecule has 1 unspecified atom stereocenters. The Morgan fingerprint density at radius 1 is 1.41 bits per heavy atom. The number of ether oxygens (including phenoxy) is 1. The van der Waals surface area contributed by atoms with Crippen molar-refractivity contribution < 1.29 is 19.2 Å². The predicted octanol–water partition coefficient (Wildman–Crippen LogP) is 2.68. The molecule has 10 heteroatoms. The van der Waals surface area contributed by atoms with Gasteiger partial charge in [-0.05, 0) is 25.8 Å². The number of carbonyl (C=O) groups is 2. The lowest BCUT2D eigenvalue weighted by atomic mass is 10.0. The fourth-order valence-corrected chi connectivity index (χ4v) is 4.64. The van der Waals surface area contributed by atoms with E-state index in [1.165, 1.54) is 23.5 Å². The first kappa shape index (κ1) is 19.5. The van der Waals surface area contributed by atoms with Gasteiger partial charge in [-0.2, -0.15) is 0 Å². The Kier molecular flexibility index (Phi) is 5.29. The van der Waals surface area contributed by atoms with Crippen molar-refractivity contribution in [2.75, 3.05) is 18.5 Å². The number of fused-ring (bicyclic) bond motifs is 1. The van der Waals surface area contributed by atoms with Crippen LogP contribution in [0.25, 0.3) is 0 Å². The summed E-state index contributed by atoms with van der Waals surface area (Å²) in [5, 5.41) is 14.5. The first-order valence-electron chi connectivity index (χ1n) is 9.38. The number of hydrogen-bond acceptors (Lipinski definition) is 7. The van der Waals surface area contributed by atoms with Crippen molar-refractivity contribution in [2.45, 2.75) is 38.8 Å². The predicted molar refractivity (Wildman–Crippen MR) is 106 cm³/mol. The number of hydrogen-bond donors (Lipinski definition) is 1. The zero-order valence-corrected chi connectivity index (χ0v) is 16.7. The average Bonchev–Trinajstić information content (AvgIpc) is 3.36. The Labute approximate surface area is 170 Å². The van der Waals surface area contributed by atoms with Gasteiger partial charge in [0, 0.05) is 41.6 Å². The van der Waals surface area contributed by atoms with E-state index in [0.29, 0.717) is 48.8 Å². The Morgan fingerprint density at radius 2 is 2.24 bits per heavy atom. The van der Waals surface area contributed by atoms with Gasteiger partial charge in [-0.15, -0.1) is 0 Å². The molecule has 1 atom stereocenters. The molecule has 0 spiro atoms. The molecule has 0 saturated carbocycles. The third kappa shape index (κ3) is 3.85. The third-order valence-corrected chi connectivity index (χ3v) is 6.20. The summed E-state index contributed by atoms with van der Waals surface area (Å²) in [5.41, 5.74) is 1.50. The van der Waals surface area contributed by atoms with Gasteiger partial charge < -0.3 is 9.64 Å². The number of benzene rings is 1. The summed E-state index contributed by atoms with van der Waals surface area (Å²) in [4.78, 5) is 42.9. The van der Waals surface area contributed by atoms with Gasteiger partial charge in [-0.1, -0.05) is 17.4 Å². The van der Waals surface area contributed by atoms with Crippen molar-refractivity contribution in [2.24, 2.45) is 0 Å². The highest BCUT2D eigenvalue weighted by atomic mass is 32.1. The third-order valence-electron chi connectivity index (χ3n) is 5.20. The van der Waals surface area contributed by atoms with E-state index < -0.39 is 11.0 Å². The number of thiazole rings is 1. The number of nitrogens with zero attached hydrogens (tertiary/aromatic N) is 3. The summed E-state index contributed by atoms with van der Waals surface area (Å²) in [6, 6.07) is 4.53. The van der Waals surface area contributed by atoms with Crippen LogP contribution in [0.5, 0.6) is 0 Å². The van der Waals surface area contributed by atoms with Gasteiger partial charge >= 0.3 is 0 Å². The number of nitro groups is 1. The SMILES string of the molecule is Cc1c(C(=O)N2CCc3nc(NC(=O)C4CCCO4)sc3C2)cccc1[N+](=O)[O-]. The summed E-state index contributed by atoms with van der Waals surface area (Å²) >= 11 is 1.35. The van der Waals surface area contributed by atoms with Gasteiger partial charge in [0.25, 0.3) is 17.5 Å². The average molecular weight is 416 g/mol. The van der Waals surface area contributed by atoms with E-state index in [1.54, 1.807) is 17.9 Å². The molecule has 0 bridgehead atoms. The van der Waals surface area contributed by atoms with Gasteiger partial charge in [0.1, 0.15) is 6.10 Å². The van der Waals surface area contributed by atoms with Crippen molar-refractivity contribution in [3.8, 4) is 0 Å². The van der Waals surface area contributed by atoms with Crippen molar-refractivity contribution in [3.63, 3.8) is 0 Å². The summed E-state index contributed by atoms with van der Waals surface area (Å²) < 4.78 is 5.39. The molecular weight excluding hydrogens is 396 g/mol. The van der Waals surface area contributed by atoms with E-state index >= 15 is 0 Å². The largest absolute Gasteiger partial charge is 0.368 e. The number of nitrogens with one attached hydrogen (secondary N) is 1. The second kappa shape index (κ2) is 7.88. The Hall–Kier alpha value is -2.85. The van der Waals surface area contributed by atoms with Crippen LogP contribution < -0.4 is 5.32 Å². The van der Waals surface area contributed by atoms with Crippen molar-refractivity contribution in [3.05, 3.63) is 50.0 Å². The molecule has 1 aromatic carbocycles. The van der Waals surface area contributed by atoms with Gasteiger partial charge in [-0.25, -0.2) is 4.98 Å². The minimum atomic E-state index is -0.480. The van der Waals surface area contributed by atoms with Gasteiger partial charge in [-0.3, -0.25) is 25.0 Å². The number of carbonyl (C=O) groups excluding carboxylic acids is 2. The van der Waals surface area contributed by atoms with E-state index in [1.807, 2.05) is 0 Å². The topological polar surface area (TPSA) is 115 Å². The Balaban J connectivity index is 1.48. The number of aromatic nitrogens is 1. The zero-order valence-electron chi connectivity index (χ0n) is 15.8. The maximum atomic E-state index is 13.0. The summed E-state index contributed by atoms with van der Waals surface area (Å²) in [6.07, 6.45) is 1.73.